The molecule has 1 aliphatic heterocycles. The molecule has 1 saturated heterocycles. The number of nitrogens with zero attached hydrogens (tertiary/aromatic N) is 2. The first-order valence-corrected chi connectivity index (χ1v) is 8.92. The molecule has 9 nitrogen and oxygen atoms in total. The van der Waals surface area contributed by atoms with Gasteiger partial charge in [-0.05, 0) is 25.1 Å². The van der Waals surface area contributed by atoms with Crippen molar-refractivity contribution in [3.05, 3.63) is 28.7 Å². The van der Waals surface area contributed by atoms with Gasteiger partial charge in [0.05, 0.1) is 15.9 Å². The number of benzene rings is 1. The Morgan fingerprint density at radius 3 is 2.42 bits per heavy atom. The summed E-state index contributed by atoms with van der Waals surface area (Å²) in [5.41, 5.74) is 0.578. The van der Waals surface area contributed by atoms with Crippen LogP contribution >= 0.6 is 0 Å². The number of imidazole rings is 1. The Bertz CT molecular complexity index is 924. The second kappa shape index (κ2) is 6.04. The standard InChI is InChI=1S/C14H18N4O5S/c1-9(13(19)20)17-4-6-18(7-5-17)24(22,23)10-2-3-11-12(8-10)16-14(21)15-11/h2-3,8-9H,4-7H2,1H3,(H,19,20)(H2,15,16,21). The number of fused-ring (bicyclic) bond motifs is 1. The maximum Gasteiger partial charge on any atom is 0.323 e. The Hall–Kier alpha value is -2.17. The molecule has 1 aliphatic rings. The van der Waals surface area contributed by atoms with Crippen molar-refractivity contribution in [1.29, 1.82) is 0 Å². The van der Waals surface area contributed by atoms with Crippen molar-refractivity contribution in [3.63, 3.8) is 0 Å². The maximum absolute atomic E-state index is 12.7. The van der Waals surface area contributed by atoms with Gasteiger partial charge in [-0.3, -0.25) is 9.69 Å². The zero-order valence-electron chi connectivity index (χ0n) is 13.0. The molecule has 10 heteroatoms. The quantitative estimate of drug-likeness (QED) is 0.688. The number of carbonyl (C=O) groups is 1. The number of piperazine rings is 1. The predicted octanol–water partition coefficient (Wildman–Crippen LogP) is -0.364. The number of aromatic nitrogens is 2. The first-order chi connectivity index (χ1) is 11.3. The Kier molecular flexibility index (Phi) is 4.20. The minimum atomic E-state index is -3.69. The van der Waals surface area contributed by atoms with Crippen LogP contribution in [0.5, 0.6) is 0 Å². The van der Waals surface area contributed by atoms with Crippen LogP contribution in [0.3, 0.4) is 0 Å². The van der Waals surface area contributed by atoms with E-state index in [-0.39, 0.29) is 18.0 Å². The van der Waals surface area contributed by atoms with E-state index in [0.29, 0.717) is 24.1 Å². The summed E-state index contributed by atoms with van der Waals surface area (Å²) in [6.07, 6.45) is 0. The van der Waals surface area contributed by atoms with Crippen LogP contribution in [0.25, 0.3) is 11.0 Å². The highest BCUT2D eigenvalue weighted by atomic mass is 32.2. The van der Waals surface area contributed by atoms with Crippen molar-refractivity contribution in [3.8, 4) is 0 Å². The number of carboxylic acid groups (broad SMARTS) is 1. The molecule has 0 saturated carbocycles. The van der Waals surface area contributed by atoms with Gasteiger partial charge >= 0.3 is 11.7 Å². The van der Waals surface area contributed by atoms with E-state index in [1.165, 1.54) is 16.4 Å². The molecular weight excluding hydrogens is 336 g/mol. The van der Waals surface area contributed by atoms with E-state index in [2.05, 4.69) is 9.97 Å². The maximum atomic E-state index is 12.7. The van der Waals surface area contributed by atoms with Crippen LogP contribution in [0.4, 0.5) is 0 Å². The van der Waals surface area contributed by atoms with Crippen molar-refractivity contribution in [2.45, 2.75) is 17.9 Å². The zero-order valence-corrected chi connectivity index (χ0v) is 13.8. The summed E-state index contributed by atoms with van der Waals surface area (Å²) in [6, 6.07) is 3.78. The number of nitrogens with one attached hydrogen (secondary N) is 2. The fourth-order valence-corrected chi connectivity index (χ4v) is 4.26. The van der Waals surface area contributed by atoms with Gasteiger partial charge in [-0.25, -0.2) is 13.2 Å². The average molecular weight is 354 g/mol. The van der Waals surface area contributed by atoms with Gasteiger partial charge in [0.15, 0.2) is 0 Å². The van der Waals surface area contributed by atoms with Gasteiger partial charge in [0.1, 0.15) is 6.04 Å². The largest absolute Gasteiger partial charge is 0.480 e. The molecule has 0 bridgehead atoms. The molecule has 0 spiro atoms. The van der Waals surface area contributed by atoms with Gasteiger partial charge in [-0.15, -0.1) is 0 Å². The summed E-state index contributed by atoms with van der Waals surface area (Å²) in [6.45, 7) is 2.75. The molecule has 1 unspecified atom stereocenters. The van der Waals surface area contributed by atoms with Gasteiger partial charge in [-0.1, -0.05) is 0 Å². The molecular formula is C14H18N4O5S. The summed E-state index contributed by atoms with van der Waals surface area (Å²) in [7, 11) is -3.69. The number of hydrogen-bond acceptors (Lipinski definition) is 5. The van der Waals surface area contributed by atoms with Gasteiger partial charge in [-0.2, -0.15) is 4.31 Å². The summed E-state index contributed by atoms with van der Waals surface area (Å²) in [5, 5.41) is 9.04. The van der Waals surface area contributed by atoms with Gasteiger partial charge in [0, 0.05) is 26.2 Å². The van der Waals surface area contributed by atoms with E-state index in [1.54, 1.807) is 17.9 Å². The lowest BCUT2D eigenvalue weighted by atomic mass is 10.2. The topological polar surface area (TPSA) is 127 Å². The van der Waals surface area contributed by atoms with Gasteiger partial charge < -0.3 is 15.1 Å². The van der Waals surface area contributed by atoms with E-state index in [0.717, 1.165) is 0 Å². The first kappa shape index (κ1) is 16.7. The lowest BCUT2D eigenvalue weighted by Crippen LogP contribution is -2.53. The van der Waals surface area contributed by atoms with E-state index in [4.69, 9.17) is 5.11 Å². The summed E-state index contributed by atoms with van der Waals surface area (Å²) < 4.78 is 26.8. The van der Waals surface area contributed by atoms with Crippen LogP contribution in [-0.4, -0.2) is 70.9 Å². The van der Waals surface area contributed by atoms with Crippen molar-refractivity contribution < 1.29 is 18.3 Å². The molecule has 0 aliphatic carbocycles. The SMILES string of the molecule is CC(C(=O)O)N1CCN(S(=O)(=O)c2ccc3[nH]c(=O)[nH]c3c2)CC1. The number of sulfonamides is 1. The molecule has 0 radical (unpaired) electrons. The van der Waals surface area contributed by atoms with Crippen LogP contribution in [0.15, 0.2) is 27.9 Å². The molecule has 2 aromatic rings. The summed E-state index contributed by atoms with van der Waals surface area (Å²) in [4.78, 5) is 29.2. The number of hydrogen-bond donors (Lipinski definition) is 3. The van der Waals surface area contributed by atoms with E-state index in [1.807, 2.05) is 0 Å². The zero-order chi connectivity index (χ0) is 17.5. The number of H-pyrrole nitrogens is 2. The molecule has 0 amide bonds. The Balaban J connectivity index is 1.80. The summed E-state index contributed by atoms with van der Waals surface area (Å²) >= 11 is 0. The molecule has 1 aromatic carbocycles. The lowest BCUT2D eigenvalue weighted by Gasteiger charge is -2.35. The highest BCUT2D eigenvalue weighted by Gasteiger charge is 2.31. The van der Waals surface area contributed by atoms with E-state index < -0.39 is 27.7 Å². The van der Waals surface area contributed by atoms with Gasteiger partial charge in [0.2, 0.25) is 10.0 Å². The van der Waals surface area contributed by atoms with Crippen LogP contribution < -0.4 is 5.69 Å². The second-order valence-corrected chi connectivity index (χ2v) is 7.68. The van der Waals surface area contributed by atoms with Crippen molar-refractivity contribution in [1.82, 2.24) is 19.2 Å². The third-order valence-corrected chi connectivity index (χ3v) is 6.20. The second-order valence-electron chi connectivity index (χ2n) is 5.74. The normalized spacial score (nSPS) is 18.7. The first-order valence-electron chi connectivity index (χ1n) is 7.48. The molecule has 3 N–H and O–H groups in total. The molecule has 130 valence electrons. The molecule has 3 rings (SSSR count). The van der Waals surface area contributed by atoms with Crippen molar-refractivity contribution in [2.75, 3.05) is 26.2 Å². The van der Waals surface area contributed by atoms with Crippen LogP contribution in [0.2, 0.25) is 0 Å². The summed E-state index contributed by atoms with van der Waals surface area (Å²) in [5.74, 6) is -0.923. The minimum Gasteiger partial charge on any atom is -0.480 e. The fourth-order valence-electron chi connectivity index (χ4n) is 2.81. The Morgan fingerprint density at radius 2 is 1.79 bits per heavy atom. The van der Waals surface area contributed by atoms with Crippen molar-refractivity contribution in [2.24, 2.45) is 0 Å². The molecule has 2 heterocycles. The number of rotatable bonds is 4. The van der Waals surface area contributed by atoms with Gasteiger partial charge in [0.25, 0.3) is 0 Å². The number of carboxylic acids is 1. The Morgan fingerprint density at radius 1 is 1.17 bits per heavy atom. The van der Waals surface area contributed by atoms with Crippen LogP contribution in [0.1, 0.15) is 6.92 Å². The highest BCUT2D eigenvalue weighted by Crippen LogP contribution is 2.21. The molecule has 24 heavy (non-hydrogen) atoms. The van der Waals surface area contributed by atoms with Crippen LogP contribution in [0, 0.1) is 0 Å². The lowest BCUT2D eigenvalue weighted by molar-refractivity contribution is -0.143. The van der Waals surface area contributed by atoms with E-state index in [9.17, 15) is 18.0 Å². The molecule has 1 aromatic heterocycles. The third-order valence-electron chi connectivity index (χ3n) is 4.30. The Labute approximate surface area is 137 Å². The predicted molar refractivity (Wildman–Crippen MR) is 86.3 cm³/mol. The molecule has 1 fully saturated rings. The highest BCUT2D eigenvalue weighted by molar-refractivity contribution is 7.89. The number of aliphatic carboxylic acids is 1. The monoisotopic (exact) mass is 354 g/mol. The van der Waals surface area contributed by atoms with Crippen molar-refractivity contribution >= 4 is 27.0 Å². The fraction of sp³-hybridized carbons (Fsp3) is 0.429. The van der Waals surface area contributed by atoms with Crippen LogP contribution in [-0.2, 0) is 14.8 Å². The average Bonchev–Trinajstić information content (AvgIpc) is 2.93. The third kappa shape index (κ3) is 2.95. The smallest absolute Gasteiger partial charge is 0.323 e. The molecule has 1 atom stereocenters. The number of aromatic amines is 2. The minimum absolute atomic E-state index is 0.102. The van der Waals surface area contributed by atoms with E-state index >= 15 is 0 Å².